The van der Waals surface area contributed by atoms with Gasteiger partial charge in [0.05, 0.1) is 23.9 Å². The smallest absolute Gasteiger partial charge is 0.259 e. The Bertz CT molecular complexity index is 793. The van der Waals surface area contributed by atoms with E-state index in [-0.39, 0.29) is 11.9 Å². The number of piperidine rings is 1. The predicted molar refractivity (Wildman–Crippen MR) is 108 cm³/mol. The third-order valence-corrected chi connectivity index (χ3v) is 5.82. The van der Waals surface area contributed by atoms with Crippen LogP contribution in [-0.2, 0) is 0 Å². The fourth-order valence-corrected chi connectivity index (χ4v) is 4.21. The topological polar surface area (TPSA) is 53.9 Å². The lowest BCUT2D eigenvalue weighted by Gasteiger charge is -2.30. The molecule has 0 bridgehead atoms. The van der Waals surface area contributed by atoms with Crippen LogP contribution in [0.2, 0.25) is 0 Å². The molecule has 1 atom stereocenters. The number of fused-ring (bicyclic) bond motifs is 1. The van der Waals surface area contributed by atoms with Gasteiger partial charge >= 0.3 is 0 Å². The first kappa shape index (κ1) is 18.0. The second-order valence-corrected chi connectivity index (χ2v) is 7.56. The van der Waals surface area contributed by atoms with Crippen LogP contribution in [0.15, 0.2) is 42.0 Å². The lowest BCUT2D eigenvalue weighted by atomic mass is 9.95. The van der Waals surface area contributed by atoms with Gasteiger partial charge in [0.15, 0.2) is 0 Å². The van der Waals surface area contributed by atoms with Gasteiger partial charge < -0.3 is 10.1 Å². The highest BCUT2D eigenvalue weighted by Gasteiger charge is 2.37. The second kappa shape index (κ2) is 7.69. The lowest BCUT2D eigenvalue weighted by Crippen LogP contribution is -2.36. The summed E-state index contributed by atoms with van der Waals surface area (Å²) >= 11 is 0. The van der Waals surface area contributed by atoms with Crippen molar-refractivity contribution in [2.24, 2.45) is 10.9 Å². The van der Waals surface area contributed by atoms with Crippen molar-refractivity contribution in [1.29, 1.82) is 0 Å². The van der Waals surface area contributed by atoms with Gasteiger partial charge in [0.25, 0.3) is 5.91 Å². The Hall–Kier alpha value is -2.40. The monoisotopic (exact) mass is 365 g/mol. The highest BCUT2D eigenvalue weighted by Crippen LogP contribution is 2.38. The Morgan fingerprint density at radius 2 is 2.00 bits per heavy atom. The van der Waals surface area contributed by atoms with Gasteiger partial charge in [0.2, 0.25) is 0 Å². The molecule has 1 unspecified atom stereocenters. The number of hydrogen-bond donors (Lipinski definition) is 1. The van der Waals surface area contributed by atoms with E-state index in [4.69, 9.17) is 4.74 Å². The van der Waals surface area contributed by atoms with E-state index in [1.165, 1.54) is 12.8 Å². The van der Waals surface area contributed by atoms with Crippen LogP contribution in [0.3, 0.4) is 0 Å². The third-order valence-electron chi connectivity index (χ3n) is 5.82. The van der Waals surface area contributed by atoms with Crippen molar-refractivity contribution in [2.75, 3.05) is 19.7 Å². The summed E-state index contributed by atoms with van der Waals surface area (Å²) in [5.74, 6) is 1.46. The lowest BCUT2D eigenvalue weighted by molar-refractivity contribution is 0.0815. The molecule has 3 aliphatic rings. The van der Waals surface area contributed by atoms with Crippen LogP contribution in [0.1, 0.15) is 48.0 Å². The van der Waals surface area contributed by atoms with E-state index in [0.29, 0.717) is 12.2 Å². The van der Waals surface area contributed by atoms with E-state index < -0.39 is 0 Å². The zero-order chi connectivity index (χ0) is 18.8. The van der Waals surface area contributed by atoms with E-state index in [1.807, 2.05) is 24.4 Å². The summed E-state index contributed by atoms with van der Waals surface area (Å²) in [6.07, 6.45) is 7.04. The number of ether oxygens (including phenoxy) is 1. The number of hydrogen-bond acceptors (Lipinski definition) is 4. The van der Waals surface area contributed by atoms with Crippen LogP contribution in [0, 0.1) is 5.92 Å². The maximum absolute atomic E-state index is 13.0. The molecule has 5 nitrogen and oxygen atoms in total. The minimum absolute atomic E-state index is 0.0259. The van der Waals surface area contributed by atoms with E-state index in [0.717, 1.165) is 61.0 Å². The van der Waals surface area contributed by atoms with Crippen LogP contribution >= 0.6 is 0 Å². The number of amides is 1. The summed E-state index contributed by atoms with van der Waals surface area (Å²) < 4.78 is 5.96. The minimum Gasteiger partial charge on any atom is -0.494 e. The molecule has 5 heteroatoms. The van der Waals surface area contributed by atoms with Gasteiger partial charge in [0.1, 0.15) is 5.75 Å². The number of carbonyl (C=O) groups is 1. The minimum atomic E-state index is -0.105. The highest BCUT2D eigenvalue weighted by molar-refractivity contribution is 6.09. The summed E-state index contributed by atoms with van der Waals surface area (Å²) in [5.41, 5.74) is 3.01. The van der Waals surface area contributed by atoms with Crippen LogP contribution in [-0.4, -0.2) is 42.8 Å². The fourth-order valence-electron chi connectivity index (χ4n) is 4.21. The van der Waals surface area contributed by atoms with Crippen molar-refractivity contribution >= 4 is 17.8 Å². The average molecular weight is 365 g/mol. The number of rotatable bonds is 5. The van der Waals surface area contributed by atoms with Gasteiger partial charge in [-0.15, -0.1) is 0 Å². The molecule has 0 saturated carbocycles. The van der Waals surface area contributed by atoms with E-state index in [9.17, 15) is 4.79 Å². The molecule has 142 valence electrons. The molecular formula is C22H27N3O2. The molecule has 1 amide bonds. The first-order valence-electron chi connectivity index (χ1n) is 9.87. The molecule has 1 saturated heterocycles. The van der Waals surface area contributed by atoms with Gasteiger partial charge in [-0.3, -0.25) is 14.7 Å². The quantitative estimate of drug-likeness (QED) is 0.867. The molecule has 3 heterocycles. The predicted octanol–water partition coefficient (Wildman–Crippen LogP) is 3.63. The van der Waals surface area contributed by atoms with Gasteiger partial charge in [-0.1, -0.05) is 13.2 Å². The van der Waals surface area contributed by atoms with Crippen molar-refractivity contribution in [3.05, 3.63) is 48.2 Å². The van der Waals surface area contributed by atoms with Crippen molar-refractivity contribution in [2.45, 2.75) is 38.1 Å². The second-order valence-electron chi connectivity index (χ2n) is 7.56. The highest BCUT2D eigenvalue weighted by atomic mass is 16.5. The normalized spacial score (nSPS) is 23.0. The third kappa shape index (κ3) is 3.56. The van der Waals surface area contributed by atoms with Gasteiger partial charge in [-0.2, -0.15) is 0 Å². The van der Waals surface area contributed by atoms with Crippen LogP contribution in [0.4, 0.5) is 0 Å². The number of nitrogens with one attached hydrogen (secondary N) is 1. The molecule has 1 fully saturated rings. The van der Waals surface area contributed by atoms with Gasteiger partial charge in [-0.05, 0) is 69.3 Å². The van der Waals surface area contributed by atoms with E-state index in [1.54, 1.807) is 4.90 Å². The first-order valence-corrected chi connectivity index (χ1v) is 9.87. The van der Waals surface area contributed by atoms with Crippen molar-refractivity contribution in [3.63, 3.8) is 0 Å². The molecule has 0 aliphatic carbocycles. The van der Waals surface area contributed by atoms with Crippen molar-refractivity contribution in [3.8, 4) is 5.75 Å². The molecular weight excluding hydrogens is 338 g/mol. The summed E-state index contributed by atoms with van der Waals surface area (Å²) in [6.45, 7) is 11.1. The molecule has 1 N–H and O–H groups in total. The standard InChI is InChI=1S/C22H27N3O2/c1-15-21(4-3-10-24-15)25-16(2)19-6-5-18(14-20(19)22(25)26)27-13-9-17-7-11-23-12-8-17/h5-6,10,14,17,21,23H,1-4,7-9,11-13H2. The molecule has 3 aliphatic heterocycles. The number of carbonyl (C=O) groups excluding carboxylic acids is 1. The zero-order valence-electron chi connectivity index (χ0n) is 15.7. The average Bonchev–Trinajstić information content (AvgIpc) is 2.93. The Kier molecular flexibility index (Phi) is 5.12. The fraction of sp³-hybridized carbons (Fsp3) is 0.455. The van der Waals surface area contributed by atoms with Gasteiger partial charge in [0, 0.05) is 17.5 Å². The van der Waals surface area contributed by atoms with Crippen molar-refractivity contribution in [1.82, 2.24) is 10.2 Å². The van der Waals surface area contributed by atoms with E-state index >= 15 is 0 Å². The Balaban J connectivity index is 1.44. The van der Waals surface area contributed by atoms with E-state index in [2.05, 4.69) is 23.5 Å². The molecule has 27 heavy (non-hydrogen) atoms. The first-order chi connectivity index (χ1) is 13.1. The molecule has 0 radical (unpaired) electrons. The molecule has 0 aromatic heterocycles. The maximum atomic E-state index is 13.0. The molecule has 1 aromatic carbocycles. The summed E-state index contributed by atoms with van der Waals surface area (Å²) in [6, 6.07) is 5.65. The summed E-state index contributed by atoms with van der Waals surface area (Å²) in [4.78, 5) is 19.1. The van der Waals surface area contributed by atoms with Crippen molar-refractivity contribution < 1.29 is 9.53 Å². The summed E-state index contributed by atoms with van der Waals surface area (Å²) in [5, 5.41) is 3.39. The van der Waals surface area contributed by atoms with Gasteiger partial charge in [-0.25, -0.2) is 0 Å². The Morgan fingerprint density at radius 3 is 2.78 bits per heavy atom. The molecule has 1 aromatic rings. The molecule has 0 spiro atoms. The SMILES string of the molecule is C=C1N=CCCC1N1C(=C)c2ccc(OCCC3CCNCC3)cc2C1=O. The molecule has 4 rings (SSSR count). The van der Waals surface area contributed by atoms with Crippen LogP contribution in [0.5, 0.6) is 5.75 Å². The summed E-state index contributed by atoms with van der Waals surface area (Å²) in [7, 11) is 0. The Morgan fingerprint density at radius 1 is 1.19 bits per heavy atom. The Labute approximate surface area is 160 Å². The van der Waals surface area contributed by atoms with Crippen LogP contribution in [0.25, 0.3) is 5.70 Å². The number of benzene rings is 1. The number of nitrogens with zero attached hydrogens (tertiary/aromatic N) is 2. The number of aliphatic imine (C=N–C) groups is 1. The largest absolute Gasteiger partial charge is 0.494 e. The van der Waals surface area contributed by atoms with Crippen LogP contribution < -0.4 is 10.1 Å². The zero-order valence-corrected chi connectivity index (χ0v) is 15.7. The maximum Gasteiger partial charge on any atom is 0.259 e.